The molecule has 2 unspecified atom stereocenters. The van der Waals surface area contributed by atoms with E-state index in [-0.39, 0.29) is 13.2 Å². The molecule has 228 valence electrons. The molecule has 2 atom stereocenters. The van der Waals surface area contributed by atoms with Crippen LogP contribution in [0.15, 0.2) is 36.4 Å². The average molecular weight is 612 g/mol. The van der Waals surface area contributed by atoms with Gasteiger partial charge in [0.15, 0.2) is 12.2 Å². The third-order valence-electron chi connectivity index (χ3n) is 6.32. The van der Waals surface area contributed by atoms with Crippen LogP contribution in [0.1, 0.15) is 91.9 Å². The van der Waals surface area contributed by atoms with Gasteiger partial charge in [-0.15, -0.1) is 0 Å². The molecule has 0 aliphatic carbocycles. The van der Waals surface area contributed by atoms with Crippen LogP contribution in [0.3, 0.4) is 0 Å². The number of benzene rings is 2. The molecular weight excluding hydrogens is 567 g/mol. The summed E-state index contributed by atoms with van der Waals surface area (Å²) in [5, 5.41) is 0.605. The second kappa shape index (κ2) is 19.5. The van der Waals surface area contributed by atoms with Crippen molar-refractivity contribution in [3.05, 3.63) is 46.4 Å². The van der Waals surface area contributed by atoms with E-state index in [0.717, 1.165) is 51.4 Å². The summed E-state index contributed by atoms with van der Waals surface area (Å²) in [4.78, 5) is 24.9. The second-order valence-corrected chi connectivity index (χ2v) is 10.5. The lowest BCUT2D eigenvalue weighted by molar-refractivity contribution is -0.152. The molecule has 0 amide bonds. The molecule has 0 heterocycles. The topological polar surface area (TPSA) is 80.3 Å². The third kappa shape index (κ3) is 12.4. The minimum atomic E-state index is -0.729. The van der Waals surface area contributed by atoms with Crippen molar-refractivity contribution in [1.82, 2.24) is 0 Å². The zero-order valence-corrected chi connectivity index (χ0v) is 26.2. The summed E-state index contributed by atoms with van der Waals surface area (Å²) in [7, 11) is 0. The van der Waals surface area contributed by atoms with Gasteiger partial charge < -0.3 is 23.7 Å². The molecule has 0 fully saturated rings. The molecule has 2 aromatic carbocycles. The zero-order chi connectivity index (χ0) is 30.0. The van der Waals surface area contributed by atoms with E-state index < -0.39 is 24.1 Å². The van der Waals surface area contributed by atoms with Gasteiger partial charge in [-0.2, -0.15) is 0 Å². The van der Waals surface area contributed by atoms with E-state index in [1.807, 2.05) is 0 Å². The highest BCUT2D eigenvalue weighted by atomic mass is 35.5. The Morgan fingerprint density at radius 3 is 1.39 bits per heavy atom. The van der Waals surface area contributed by atoms with Crippen LogP contribution < -0.4 is 14.2 Å². The SMILES string of the molecule is CCCCCCC(Oc1ccc(Oc2ccc(OC(CCCCCC)C(=O)OCC)c(Cl)c2)cc1Cl)C(=O)OCC. The average Bonchev–Trinajstić information content (AvgIpc) is 2.94. The normalized spacial score (nSPS) is 12.3. The first-order chi connectivity index (χ1) is 19.8. The maximum atomic E-state index is 12.4. The molecule has 7 nitrogen and oxygen atoms in total. The van der Waals surface area contributed by atoms with Crippen molar-refractivity contribution in [2.45, 2.75) is 104 Å². The van der Waals surface area contributed by atoms with Crippen molar-refractivity contribution in [3.8, 4) is 23.0 Å². The predicted octanol–water partition coefficient (Wildman–Crippen LogP) is 9.35. The fourth-order valence-corrected chi connectivity index (χ4v) is 4.59. The van der Waals surface area contributed by atoms with Gasteiger partial charge in [0.1, 0.15) is 23.0 Å². The van der Waals surface area contributed by atoms with Gasteiger partial charge in [0.05, 0.1) is 23.3 Å². The summed E-state index contributed by atoms with van der Waals surface area (Å²) in [6, 6.07) is 9.95. The van der Waals surface area contributed by atoms with E-state index in [0.29, 0.717) is 45.9 Å². The summed E-state index contributed by atoms with van der Waals surface area (Å²) >= 11 is 13.0. The number of esters is 2. The smallest absolute Gasteiger partial charge is 0.347 e. The summed E-state index contributed by atoms with van der Waals surface area (Å²) in [6.45, 7) is 8.37. The Hall–Kier alpha value is -2.64. The molecule has 2 aromatic rings. The lowest BCUT2D eigenvalue weighted by Crippen LogP contribution is -2.29. The summed E-state index contributed by atoms with van der Waals surface area (Å²) in [6.07, 6.45) is 7.81. The number of hydrogen-bond donors (Lipinski definition) is 0. The van der Waals surface area contributed by atoms with Gasteiger partial charge in [-0.3, -0.25) is 0 Å². The molecule has 0 aliphatic heterocycles. The van der Waals surface area contributed by atoms with Gasteiger partial charge in [0, 0.05) is 12.1 Å². The van der Waals surface area contributed by atoms with Crippen LogP contribution in [0.25, 0.3) is 0 Å². The first-order valence-corrected chi connectivity index (χ1v) is 15.5. The van der Waals surface area contributed by atoms with Crippen molar-refractivity contribution >= 4 is 35.1 Å². The molecule has 41 heavy (non-hydrogen) atoms. The minimum absolute atomic E-state index is 0.281. The Balaban J connectivity index is 2.07. The van der Waals surface area contributed by atoms with E-state index in [9.17, 15) is 9.59 Å². The quantitative estimate of drug-likeness (QED) is 0.109. The Morgan fingerprint density at radius 2 is 1.05 bits per heavy atom. The minimum Gasteiger partial charge on any atom is -0.477 e. The van der Waals surface area contributed by atoms with Crippen molar-refractivity contribution in [2.75, 3.05) is 13.2 Å². The number of rotatable bonds is 20. The summed E-state index contributed by atoms with van der Waals surface area (Å²) in [5.41, 5.74) is 0. The first kappa shape index (κ1) is 34.6. The molecular formula is C32H44Cl2O7. The van der Waals surface area contributed by atoms with Crippen molar-refractivity contribution in [1.29, 1.82) is 0 Å². The van der Waals surface area contributed by atoms with Crippen LogP contribution in [0.2, 0.25) is 10.0 Å². The van der Waals surface area contributed by atoms with Gasteiger partial charge in [-0.25, -0.2) is 9.59 Å². The summed E-state index contributed by atoms with van der Waals surface area (Å²) < 4.78 is 28.3. The largest absolute Gasteiger partial charge is 0.477 e. The van der Waals surface area contributed by atoms with E-state index in [1.165, 1.54) is 0 Å². The maximum absolute atomic E-state index is 12.4. The summed E-state index contributed by atoms with van der Waals surface area (Å²) in [5.74, 6) is 0.870. The molecule has 0 bridgehead atoms. The van der Waals surface area contributed by atoms with Gasteiger partial charge in [-0.1, -0.05) is 75.6 Å². The predicted molar refractivity (Wildman–Crippen MR) is 163 cm³/mol. The molecule has 0 aliphatic rings. The third-order valence-corrected chi connectivity index (χ3v) is 6.91. The molecule has 0 saturated carbocycles. The Labute approximate surface area is 254 Å². The molecule has 0 N–H and O–H groups in total. The molecule has 0 spiro atoms. The lowest BCUT2D eigenvalue weighted by atomic mass is 10.1. The van der Waals surface area contributed by atoms with Crippen LogP contribution >= 0.6 is 23.2 Å². The van der Waals surface area contributed by atoms with E-state index in [4.69, 9.17) is 46.9 Å². The van der Waals surface area contributed by atoms with Crippen LogP contribution in [0.5, 0.6) is 23.0 Å². The van der Waals surface area contributed by atoms with Gasteiger partial charge in [0.25, 0.3) is 0 Å². The van der Waals surface area contributed by atoms with Gasteiger partial charge >= 0.3 is 11.9 Å². The van der Waals surface area contributed by atoms with Crippen LogP contribution in [0.4, 0.5) is 0 Å². The van der Waals surface area contributed by atoms with Crippen LogP contribution in [-0.2, 0) is 19.1 Å². The second-order valence-electron chi connectivity index (χ2n) is 9.70. The van der Waals surface area contributed by atoms with Crippen molar-refractivity contribution in [3.63, 3.8) is 0 Å². The highest BCUT2D eigenvalue weighted by molar-refractivity contribution is 6.32. The fraction of sp³-hybridized carbons (Fsp3) is 0.562. The van der Waals surface area contributed by atoms with E-state index in [1.54, 1.807) is 50.2 Å². The molecule has 9 heteroatoms. The highest BCUT2D eigenvalue weighted by Gasteiger charge is 2.24. The zero-order valence-electron chi connectivity index (χ0n) is 24.7. The monoisotopic (exact) mass is 610 g/mol. The number of ether oxygens (including phenoxy) is 5. The molecule has 0 radical (unpaired) electrons. The number of carbonyl (C=O) groups is 2. The Bertz CT molecular complexity index is 993. The Kier molecular flexibility index (Phi) is 16.4. The van der Waals surface area contributed by atoms with E-state index >= 15 is 0 Å². The van der Waals surface area contributed by atoms with Crippen LogP contribution in [0, 0.1) is 0 Å². The molecule has 0 aromatic heterocycles. The number of hydrogen-bond acceptors (Lipinski definition) is 7. The van der Waals surface area contributed by atoms with Gasteiger partial charge in [0.2, 0.25) is 0 Å². The maximum Gasteiger partial charge on any atom is 0.347 e. The highest BCUT2D eigenvalue weighted by Crippen LogP contribution is 2.35. The molecule has 2 rings (SSSR count). The number of unbranched alkanes of at least 4 members (excludes halogenated alkanes) is 6. The fourth-order valence-electron chi connectivity index (χ4n) is 4.16. The van der Waals surface area contributed by atoms with Crippen molar-refractivity contribution < 1.29 is 33.3 Å². The molecule has 0 saturated heterocycles. The van der Waals surface area contributed by atoms with E-state index in [2.05, 4.69) is 13.8 Å². The number of carbonyl (C=O) groups excluding carboxylic acids is 2. The lowest BCUT2D eigenvalue weighted by Gasteiger charge is -2.19. The van der Waals surface area contributed by atoms with Crippen LogP contribution in [-0.4, -0.2) is 37.4 Å². The standard InChI is InChI=1S/C32H44Cl2O7/c1-5-9-11-13-15-29(31(35)37-7-3)40-27-19-17-23(21-25(27)33)39-24-18-20-28(26(34)22-24)41-30(32(36)38-8-4)16-14-12-10-6-2/h17-22,29-30H,5-16H2,1-4H3. The van der Waals surface area contributed by atoms with Crippen molar-refractivity contribution in [2.24, 2.45) is 0 Å². The Morgan fingerprint density at radius 1 is 0.634 bits per heavy atom. The number of halogens is 2. The first-order valence-electron chi connectivity index (χ1n) is 14.8. The van der Waals surface area contributed by atoms with Gasteiger partial charge in [-0.05, 0) is 63.8 Å².